The van der Waals surface area contributed by atoms with E-state index in [-0.39, 0.29) is 17.4 Å². The second-order valence-corrected chi connectivity index (χ2v) is 6.75. The molecule has 1 aliphatic rings. The predicted molar refractivity (Wildman–Crippen MR) is 81.2 cm³/mol. The number of aryl methyl sites for hydroxylation is 2. The minimum absolute atomic E-state index is 0.128. The molecule has 0 saturated carbocycles. The molecule has 21 heavy (non-hydrogen) atoms. The summed E-state index contributed by atoms with van der Waals surface area (Å²) in [5.74, 6) is 1.58. The van der Waals surface area contributed by atoms with E-state index in [0.29, 0.717) is 5.88 Å². The summed E-state index contributed by atoms with van der Waals surface area (Å²) in [6, 6.07) is 1.86. The molecule has 0 N–H and O–H groups in total. The summed E-state index contributed by atoms with van der Waals surface area (Å²) >= 11 is 0. The second-order valence-electron chi connectivity index (χ2n) is 6.75. The summed E-state index contributed by atoms with van der Waals surface area (Å²) < 4.78 is 5.94. The van der Waals surface area contributed by atoms with Gasteiger partial charge < -0.3 is 9.64 Å². The third-order valence-corrected chi connectivity index (χ3v) is 3.60. The van der Waals surface area contributed by atoms with E-state index in [4.69, 9.17) is 4.74 Å². The molecule has 1 aromatic heterocycles. The van der Waals surface area contributed by atoms with Gasteiger partial charge in [-0.25, -0.2) is 4.98 Å². The number of amides is 1. The Morgan fingerprint density at radius 1 is 1.24 bits per heavy atom. The zero-order chi connectivity index (χ0) is 15.6. The van der Waals surface area contributed by atoms with E-state index < -0.39 is 0 Å². The second kappa shape index (κ2) is 6.00. The van der Waals surface area contributed by atoms with E-state index in [1.165, 1.54) is 0 Å². The van der Waals surface area contributed by atoms with Crippen molar-refractivity contribution in [3.05, 3.63) is 17.6 Å². The Bertz CT molecular complexity index is 494. The largest absolute Gasteiger partial charge is 0.474 e. The molecule has 1 aliphatic heterocycles. The number of nitrogens with zero attached hydrogens (tertiary/aromatic N) is 3. The number of hydrogen-bond donors (Lipinski definition) is 0. The lowest BCUT2D eigenvalue weighted by Crippen LogP contribution is -2.46. The van der Waals surface area contributed by atoms with E-state index in [1.807, 2.05) is 45.6 Å². The Hall–Kier alpha value is -1.65. The molecule has 0 bridgehead atoms. The summed E-state index contributed by atoms with van der Waals surface area (Å²) in [6.45, 7) is 11.2. The SMILES string of the molecule is Cc1cc(OC2CCN(C(=O)C(C)(C)C)CC2)nc(C)n1. The van der Waals surface area contributed by atoms with Gasteiger partial charge in [0.2, 0.25) is 11.8 Å². The maximum Gasteiger partial charge on any atom is 0.227 e. The first-order valence-corrected chi connectivity index (χ1v) is 7.54. The summed E-state index contributed by atoms with van der Waals surface area (Å²) in [5, 5.41) is 0. The summed E-state index contributed by atoms with van der Waals surface area (Å²) in [4.78, 5) is 22.7. The maximum atomic E-state index is 12.2. The van der Waals surface area contributed by atoms with Crippen LogP contribution in [0.15, 0.2) is 6.07 Å². The van der Waals surface area contributed by atoms with E-state index in [9.17, 15) is 4.79 Å². The van der Waals surface area contributed by atoms with Crippen LogP contribution in [0.1, 0.15) is 45.1 Å². The Labute approximate surface area is 126 Å². The number of ether oxygens (including phenoxy) is 1. The van der Waals surface area contributed by atoms with Crippen LogP contribution in [-0.4, -0.2) is 40.0 Å². The summed E-state index contributed by atoms with van der Waals surface area (Å²) in [7, 11) is 0. The van der Waals surface area contributed by atoms with Crippen LogP contribution >= 0.6 is 0 Å². The van der Waals surface area contributed by atoms with Gasteiger partial charge in [-0.2, -0.15) is 4.98 Å². The van der Waals surface area contributed by atoms with Crippen LogP contribution in [0.3, 0.4) is 0 Å². The van der Waals surface area contributed by atoms with Gasteiger partial charge in [0, 0.05) is 43.1 Å². The van der Waals surface area contributed by atoms with Crippen LogP contribution in [0.5, 0.6) is 5.88 Å². The quantitative estimate of drug-likeness (QED) is 0.840. The first-order valence-electron chi connectivity index (χ1n) is 7.54. The molecule has 0 unspecified atom stereocenters. The molecule has 2 rings (SSSR count). The Kier molecular flexibility index (Phi) is 4.49. The number of carbonyl (C=O) groups excluding carboxylic acids is 1. The molecule has 0 aromatic carbocycles. The number of piperidine rings is 1. The molecular formula is C16H25N3O2. The molecule has 5 heteroatoms. The Balaban J connectivity index is 1.91. The van der Waals surface area contributed by atoms with Crippen LogP contribution in [0.2, 0.25) is 0 Å². The van der Waals surface area contributed by atoms with Crippen LogP contribution in [-0.2, 0) is 4.79 Å². The molecule has 116 valence electrons. The van der Waals surface area contributed by atoms with Crippen LogP contribution < -0.4 is 4.74 Å². The van der Waals surface area contributed by atoms with Gasteiger partial charge in [0.05, 0.1) is 0 Å². The molecule has 1 saturated heterocycles. The molecule has 2 heterocycles. The standard InChI is InChI=1S/C16H25N3O2/c1-11-10-14(18-12(2)17-11)21-13-6-8-19(9-7-13)15(20)16(3,4)5/h10,13H,6-9H2,1-5H3. The lowest BCUT2D eigenvalue weighted by molar-refractivity contribution is -0.141. The highest BCUT2D eigenvalue weighted by atomic mass is 16.5. The van der Waals surface area contributed by atoms with Crippen molar-refractivity contribution in [2.45, 2.75) is 53.6 Å². The molecule has 0 spiro atoms. The van der Waals surface area contributed by atoms with Gasteiger partial charge >= 0.3 is 0 Å². The van der Waals surface area contributed by atoms with Gasteiger partial charge in [0.25, 0.3) is 0 Å². The third kappa shape index (κ3) is 4.16. The summed E-state index contributed by atoms with van der Waals surface area (Å²) in [5.41, 5.74) is 0.604. The first-order chi connectivity index (χ1) is 9.75. The third-order valence-electron chi connectivity index (χ3n) is 3.60. The normalized spacial score (nSPS) is 16.9. The fourth-order valence-electron chi connectivity index (χ4n) is 2.57. The van der Waals surface area contributed by atoms with E-state index >= 15 is 0 Å². The Morgan fingerprint density at radius 3 is 2.38 bits per heavy atom. The van der Waals surface area contributed by atoms with Crippen LogP contribution in [0, 0.1) is 19.3 Å². The van der Waals surface area contributed by atoms with Crippen molar-refractivity contribution in [1.29, 1.82) is 0 Å². The van der Waals surface area contributed by atoms with Crippen molar-refractivity contribution in [3.8, 4) is 5.88 Å². The maximum absolute atomic E-state index is 12.2. The zero-order valence-corrected chi connectivity index (χ0v) is 13.6. The topological polar surface area (TPSA) is 55.3 Å². The average Bonchev–Trinajstić information content (AvgIpc) is 2.36. The van der Waals surface area contributed by atoms with Gasteiger partial charge in [-0.05, 0) is 13.8 Å². The molecule has 0 atom stereocenters. The van der Waals surface area contributed by atoms with Gasteiger partial charge in [0.15, 0.2) is 0 Å². The highest BCUT2D eigenvalue weighted by Crippen LogP contribution is 2.23. The number of aromatic nitrogens is 2. The lowest BCUT2D eigenvalue weighted by atomic mass is 9.93. The van der Waals surface area contributed by atoms with Gasteiger partial charge in [-0.1, -0.05) is 20.8 Å². The van der Waals surface area contributed by atoms with E-state index in [1.54, 1.807) is 0 Å². The van der Waals surface area contributed by atoms with E-state index in [0.717, 1.165) is 37.4 Å². The highest BCUT2D eigenvalue weighted by Gasteiger charge is 2.30. The summed E-state index contributed by atoms with van der Waals surface area (Å²) in [6.07, 6.45) is 1.83. The molecule has 0 aliphatic carbocycles. The zero-order valence-electron chi connectivity index (χ0n) is 13.6. The van der Waals surface area contributed by atoms with Crippen molar-refractivity contribution in [2.24, 2.45) is 5.41 Å². The number of rotatable bonds is 2. The van der Waals surface area contributed by atoms with Crippen molar-refractivity contribution < 1.29 is 9.53 Å². The lowest BCUT2D eigenvalue weighted by Gasteiger charge is -2.35. The van der Waals surface area contributed by atoms with Gasteiger partial charge in [-0.3, -0.25) is 4.79 Å². The number of hydrogen-bond acceptors (Lipinski definition) is 4. The van der Waals surface area contributed by atoms with Crippen LogP contribution in [0.25, 0.3) is 0 Å². The van der Waals surface area contributed by atoms with Crippen molar-refractivity contribution in [2.75, 3.05) is 13.1 Å². The monoisotopic (exact) mass is 291 g/mol. The molecule has 1 amide bonds. The predicted octanol–water partition coefficient (Wildman–Crippen LogP) is 2.51. The number of likely N-dealkylation sites (tertiary alicyclic amines) is 1. The Morgan fingerprint density at radius 2 is 1.86 bits per heavy atom. The van der Waals surface area contributed by atoms with Crippen molar-refractivity contribution in [1.82, 2.24) is 14.9 Å². The van der Waals surface area contributed by atoms with Gasteiger partial charge in [0.1, 0.15) is 11.9 Å². The highest BCUT2D eigenvalue weighted by molar-refractivity contribution is 5.81. The molecule has 0 radical (unpaired) electrons. The molecule has 1 aromatic rings. The van der Waals surface area contributed by atoms with E-state index in [2.05, 4.69) is 9.97 Å². The smallest absolute Gasteiger partial charge is 0.227 e. The molecule has 5 nitrogen and oxygen atoms in total. The van der Waals surface area contributed by atoms with Gasteiger partial charge in [-0.15, -0.1) is 0 Å². The average molecular weight is 291 g/mol. The molecule has 1 fully saturated rings. The van der Waals surface area contributed by atoms with Crippen molar-refractivity contribution >= 4 is 5.91 Å². The van der Waals surface area contributed by atoms with Crippen molar-refractivity contribution in [3.63, 3.8) is 0 Å². The molecular weight excluding hydrogens is 266 g/mol. The first kappa shape index (κ1) is 15.7. The fraction of sp³-hybridized carbons (Fsp3) is 0.688. The fourth-order valence-corrected chi connectivity index (χ4v) is 2.57. The number of carbonyl (C=O) groups is 1. The van der Waals surface area contributed by atoms with Crippen LogP contribution in [0.4, 0.5) is 0 Å². The minimum Gasteiger partial charge on any atom is -0.474 e. The minimum atomic E-state index is -0.311.